The summed E-state index contributed by atoms with van der Waals surface area (Å²) in [4.78, 5) is 11.1. The van der Waals surface area contributed by atoms with Crippen LogP contribution >= 0.6 is 23.4 Å². The zero-order chi connectivity index (χ0) is 16.8. The smallest absolute Gasteiger partial charge is 0.236 e. The number of nitrogens with zero attached hydrogens (tertiary/aromatic N) is 2. The highest BCUT2D eigenvalue weighted by atomic mass is 35.5. The molecule has 7 heteroatoms. The number of rotatable bonds is 5. The minimum absolute atomic E-state index is 0.0506. The first-order chi connectivity index (χ1) is 11.7. The van der Waals surface area contributed by atoms with E-state index in [1.165, 1.54) is 11.8 Å². The summed E-state index contributed by atoms with van der Waals surface area (Å²) in [5, 5.41) is 11.8. The van der Waals surface area contributed by atoms with Crippen molar-refractivity contribution in [2.24, 2.45) is 10.2 Å². The van der Waals surface area contributed by atoms with Gasteiger partial charge in [0.25, 0.3) is 0 Å². The lowest BCUT2D eigenvalue weighted by Crippen LogP contribution is -2.19. The molecule has 1 heterocycles. The van der Waals surface area contributed by atoms with Gasteiger partial charge in [-0.05, 0) is 35.4 Å². The van der Waals surface area contributed by atoms with Gasteiger partial charge < -0.3 is 10.1 Å². The Bertz CT molecular complexity index is 808. The quantitative estimate of drug-likeness (QED) is 0.656. The Morgan fingerprint density at radius 1 is 1.25 bits per heavy atom. The van der Waals surface area contributed by atoms with Crippen LogP contribution in [0.15, 0.2) is 58.7 Å². The summed E-state index contributed by atoms with van der Waals surface area (Å²) in [6.07, 6.45) is 1.62. The van der Waals surface area contributed by atoms with Gasteiger partial charge in [0.05, 0.1) is 12.0 Å². The molecule has 24 heavy (non-hydrogen) atoms. The van der Waals surface area contributed by atoms with Crippen molar-refractivity contribution in [3.05, 3.63) is 64.7 Å². The molecule has 0 aromatic heterocycles. The van der Waals surface area contributed by atoms with Crippen LogP contribution in [0, 0.1) is 0 Å². The summed E-state index contributed by atoms with van der Waals surface area (Å²) in [6.45, 7) is 0.437. The lowest BCUT2D eigenvalue weighted by Gasteiger charge is -2.07. The van der Waals surface area contributed by atoms with Gasteiger partial charge in [0, 0.05) is 5.02 Å². The van der Waals surface area contributed by atoms with Gasteiger partial charge in [0.1, 0.15) is 12.4 Å². The van der Waals surface area contributed by atoms with Crippen LogP contribution in [0.2, 0.25) is 5.02 Å². The molecule has 5 nitrogen and oxygen atoms in total. The Labute approximate surface area is 148 Å². The largest absolute Gasteiger partial charge is 0.489 e. The van der Waals surface area contributed by atoms with Crippen LogP contribution in [0.5, 0.6) is 5.75 Å². The number of carbonyl (C=O) groups is 1. The summed E-state index contributed by atoms with van der Waals surface area (Å²) >= 11 is 7.29. The maximum atomic E-state index is 11.1. The molecule has 1 aliphatic heterocycles. The molecule has 0 aliphatic carbocycles. The predicted octanol–water partition coefficient (Wildman–Crippen LogP) is 3.47. The van der Waals surface area contributed by atoms with Gasteiger partial charge in [-0.2, -0.15) is 5.10 Å². The number of benzene rings is 2. The third-order valence-corrected chi connectivity index (χ3v) is 4.19. The van der Waals surface area contributed by atoms with Crippen LogP contribution in [0.4, 0.5) is 0 Å². The number of amidine groups is 1. The molecule has 1 N–H and O–H groups in total. The average molecular weight is 360 g/mol. The monoisotopic (exact) mass is 359 g/mol. The lowest BCUT2D eigenvalue weighted by molar-refractivity contribution is -0.116. The molecule has 0 unspecified atom stereocenters. The Balaban J connectivity index is 1.60. The van der Waals surface area contributed by atoms with Gasteiger partial charge >= 0.3 is 0 Å². The molecule has 0 atom stereocenters. The molecule has 122 valence electrons. The zero-order valence-corrected chi connectivity index (χ0v) is 14.2. The van der Waals surface area contributed by atoms with Crippen molar-refractivity contribution in [3.63, 3.8) is 0 Å². The van der Waals surface area contributed by atoms with Gasteiger partial charge in [0.2, 0.25) is 5.91 Å². The van der Waals surface area contributed by atoms with Crippen LogP contribution in [-0.4, -0.2) is 23.0 Å². The fourth-order valence-electron chi connectivity index (χ4n) is 2.01. The number of amides is 1. The van der Waals surface area contributed by atoms with E-state index in [1.807, 2.05) is 48.5 Å². The first kappa shape index (κ1) is 16.5. The molecule has 0 bridgehead atoms. The maximum Gasteiger partial charge on any atom is 0.236 e. The second kappa shape index (κ2) is 7.99. The van der Waals surface area contributed by atoms with Crippen molar-refractivity contribution in [1.29, 1.82) is 0 Å². The van der Waals surface area contributed by atoms with Crippen LogP contribution in [0.25, 0.3) is 0 Å². The third-order valence-electron chi connectivity index (χ3n) is 3.09. The minimum Gasteiger partial charge on any atom is -0.489 e. The van der Waals surface area contributed by atoms with Gasteiger partial charge in [-0.1, -0.05) is 47.6 Å². The lowest BCUT2D eigenvalue weighted by atomic mass is 10.2. The van der Waals surface area contributed by atoms with Crippen LogP contribution < -0.4 is 10.1 Å². The van der Waals surface area contributed by atoms with Crippen molar-refractivity contribution >= 4 is 40.7 Å². The average Bonchev–Trinajstić information content (AvgIpc) is 2.99. The van der Waals surface area contributed by atoms with E-state index in [1.54, 1.807) is 6.21 Å². The fraction of sp³-hybridized carbons (Fsp3) is 0.118. The first-order valence-electron chi connectivity index (χ1n) is 7.20. The number of nitrogens with one attached hydrogen (secondary N) is 1. The van der Waals surface area contributed by atoms with E-state index in [-0.39, 0.29) is 5.91 Å². The summed E-state index contributed by atoms with van der Waals surface area (Å²) < 4.78 is 5.76. The molecular weight excluding hydrogens is 346 g/mol. The summed E-state index contributed by atoms with van der Waals surface area (Å²) in [5.74, 6) is 1.07. The summed E-state index contributed by atoms with van der Waals surface area (Å²) in [6, 6.07) is 15.1. The van der Waals surface area contributed by atoms with Crippen molar-refractivity contribution in [2.45, 2.75) is 6.61 Å². The van der Waals surface area contributed by atoms with Crippen molar-refractivity contribution in [2.75, 3.05) is 5.75 Å². The highest BCUT2D eigenvalue weighted by Gasteiger charge is 2.15. The predicted molar refractivity (Wildman–Crippen MR) is 97.9 cm³/mol. The third kappa shape index (κ3) is 4.84. The Morgan fingerprint density at radius 3 is 2.92 bits per heavy atom. The Morgan fingerprint density at radius 2 is 2.12 bits per heavy atom. The van der Waals surface area contributed by atoms with E-state index in [4.69, 9.17) is 16.3 Å². The molecule has 3 rings (SSSR count). The summed E-state index contributed by atoms with van der Waals surface area (Å²) in [5.41, 5.74) is 1.86. The second-order valence-electron chi connectivity index (χ2n) is 4.98. The summed E-state index contributed by atoms with van der Waals surface area (Å²) in [7, 11) is 0. The van der Waals surface area contributed by atoms with Crippen LogP contribution in [0.1, 0.15) is 11.1 Å². The molecule has 1 fully saturated rings. The molecule has 1 saturated heterocycles. The van der Waals surface area contributed by atoms with Gasteiger partial charge in [-0.3, -0.25) is 4.79 Å². The van der Waals surface area contributed by atoms with E-state index in [0.717, 1.165) is 16.9 Å². The number of hydrogen-bond donors (Lipinski definition) is 1. The van der Waals surface area contributed by atoms with E-state index >= 15 is 0 Å². The Kier molecular flexibility index (Phi) is 5.51. The minimum atomic E-state index is -0.0506. The molecule has 1 aliphatic rings. The number of thioether (sulfide) groups is 1. The van der Waals surface area contributed by atoms with Crippen molar-refractivity contribution in [1.82, 2.24) is 5.32 Å². The number of ether oxygens (including phenoxy) is 1. The molecule has 2 aromatic rings. The standard InChI is InChI=1S/C17H14ClN3O2S/c18-14-5-1-4-13(7-14)10-23-15-6-2-3-12(8-15)9-19-21-17-20-16(22)11-24-17/h1-9H,10-11H2,(H,20,21,22). The van der Waals surface area contributed by atoms with E-state index in [0.29, 0.717) is 22.6 Å². The molecule has 0 radical (unpaired) electrons. The molecule has 0 saturated carbocycles. The zero-order valence-electron chi connectivity index (χ0n) is 12.6. The van der Waals surface area contributed by atoms with E-state index in [9.17, 15) is 4.79 Å². The number of halogens is 1. The highest BCUT2D eigenvalue weighted by molar-refractivity contribution is 8.15. The van der Waals surface area contributed by atoms with Gasteiger partial charge in [-0.25, -0.2) is 0 Å². The van der Waals surface area contributed by atoms with Crippen LogP contribution in [0.3, 0.4) is 0 Å². The molecular formula is C17H14ClN3O2S. The van der Waals surface area contributed by atoms with Gasteiger partial charge in [-0.15, -0.1) is 5.10 Å². The van der Waals surface area contributed by atoms with E-state index in [2.05, 4.69) is 15.5 Å². The maximum absolute atomic E-state index is 11.1. The highest BCUT2D eigenvalue weighted by Crippen LogP contribution is 2.16. The van der Waals surface area contributed by atoms with Gasteiger partial charge in [0.15, 0.2) is 5.17 Å². The SMILES string of the molecule is O=C1CSC(=NN=Cc2cccc(OCc3cccc(Cl)c3)c2)N1. The fourth-order valence-corrected chi connectivity index (χ4v) is 2.85. The number of hydrogen-bond acceptors (Lipinski definition) is 5. The van der Waals surface area contributed by atoms with Crippen LogP contribution in [-0.2, 0) is 11.4 Å². The van der Waals surface area contributed by atoms with Crippen molar-refractivity contribution < 1.29 is 9.53 Å². The molecule has 2 aromatic carbocycles. The molecule has 0 spiro atoms. The first-order valence-corrected chi connectivity index (χ1v) is 8.56. The molecule has 1 amide bonds. The Hall–Kier alpha value is -2.31. The van der Waals surface area contributed by atoms with E-state index < -0.39 is 0 Å². The topological polar surface area (TPSA) is 63.0 Å². The number of carbonyl (C=O) groups excluding carboxylic acids is 1. The normalized spacial score (nSPS) is 15.9. The van der Waals surface area contributed by atoms with Crippen molar-refractivity contribution in [3.8, 4) is 5.75 Å². The second-order valence-corrected chi connectivity index (χ2v) is 6.38.